The quantitative estimate of drug-likeness (QED) is 0.471. The molecule has 2 atom stereocenters. The zero-order valence-corrected chi connectivity index (χ0v) is 13.5. The Balaban J connectivity index is 2.33. The fraction of sp³-hybridized carbons (Fsp3) is 0.400. The van der Waals surface area contributed by atoms with Crippen molar-refractivity contribution in [2.24, 2.45) is 5.73 Å². The molecule has 20 heavy (non-hydrogen) atoms. The third kappa shape index (κ3) is 1.60. The molecule has 0 aromatic heterocycles. The van der Waals surface area contributed by atoms with Crippen molar-refractivity contribution < 1.29 is 9.47 Å². The second-order valence-corrected chi connectivity index (χ2v) is 7.34. The highest BCUT2D eigenvalue weighted by molar-refractivity contribution is 6.49. The summed E-state index contributed by atoms with van der Waals surface area (Å²) in [4.78, 5) is 0. The number of hydrogen-bond acceptors (Lipinski definition) is 3. The molecule has 1 aromatic carbocycles. The van der Waals surface area contributed by atoms with Crippen LogP contribution in [-0.2, 0) is 5.21 Å². The first-order valence-corrected chi connectivity index (χ1v) is 7.39. The van der Waals surface area contributed by atoms with Gasteiger partial charge in [0, 0.05) is 0 Å². The lowest BCUT2D eigenvalue weighted by Gasteiger charge is -2.28. The standard InChI is InChI=1S/C10H18B7NO2/c11-3-1-2(9(14,15)8(18)4(1)12)5(13)7-6(3)19-10(16,17)20-7/h4,8H,11-18H2. The predicted molar refractivity (Wildman–Crippen MR) is 102 cm³/mol. The van der Waals surface area contributed by atoms with Crippen LogP contribution in [0.2, 0.25) is 0 Å². The molecule has 10 heteroatoms. The molecule has 0 saturated heterocycles. The molecule has 0 bridgehead atoms. The summed E-state index contributed by atoms with van der Waals surface area (Å²) in [6, 6.07) is 0.130. The van der Waals surface area contributed by atoms with Crippen molar-refractivity contribution in [1.29, 1.82) is 0 Å². The summed E-state index contributed by atoms with van der Waals surface area (Å²) >= 11 is 0. The second-order valence-electron chi connectivity index (χ2n) is 7.34. The van der Waals surface area contributed by atoms with Crippen molar-refractivity contribution in [3.63, 3.8) is 0 Å². The van der Waals surface area contributed by atoms with Gasteiger partial charge in [0.2, 0.25) is 0 Å². The van der Waals surface area contributed by atoms with Gasteiger partial charge in [0.05, 0.1) is 0 Å². The van der Waals surface area contributed by atoms with Crippen LogP contribution >= 0.6 is 0 Å². The van der Waals surface area contributed by atoms with E-state index in [9.17, 15) is 0 Å². The van der Waals surface area contributed by atoms with Crippen LogP contribution in [0.3, 0.4) is 0 Å². The maximum Gasteiger partial charge on any atom is 0.197 e. The minimum absolute atomic E-state index is 0.0330. The molecule has 2 aliphatic rings. The third-order valence-corrected chi connectivity index (χ3v) is 5.10. The molecule has 0 saturated carbocycles. The van der Waals surface area contributed by atoms with E-state index in [0.29, 0.717) is 5.82 Å². The number of fused-ring (bicyclic) bond motifs is 2. The summed E-state index contributed by atoms with van der Waals surface area (Å²) in [6.45, 7) is 0. The van der Waals surface area contributed by atoms with Crippen LogP contribution in [0.1, 0.15) is 16.9 Å². The third-order valence-electron chi connectivity index (χ3n) is 5.10. The van der Waals surface area contributed by atoms with E-state index in [0.717, 1.165) is 11.5 Å². The lowest BCUT2D eigenvalue weighted by molar-refractivity contribution is 0.0843. The van der Waals surface area contributed by atoms with Crippen LogP contribution in [-0.4, -0.2) is 66.6 Å². The van der Waals surface area contributed by atoms with Gasteiger partial charge in [0.1, 0.15) is 39.2 Å². The van der Waals surface area contributed by atoms with Gasteiger partial charge in [-0.3, -0.25) is 0 Å². The molecule has 0 radical (unpaired) electrons. The van der Waals surface area contributed by atoms with E-state index in [1.807, 2.05) is 15.7 Å². The van der Waals surface area contributed by atoms with Gasteiger partial charge in [-0.05, 0) is 28.0 Å². The van der Waals surface area contributed by atoms with E-state index in [4.69, 9.17) is 15.2 Å². The van der Waals surface area contributed by atoms with Gasteiger partial charge in [-0.25, -0.2) is 0 Å². The van der Waals surface area contributed by atoms with Gasteiger partial charge in [0.25, 0.3) is 0 Å². The Hall–Kier alpha value is -0.765. The van der Waals surface area contributed by atoms with E-state index in [1.165, 1.54) is 22.1 Å². The lowest BCUT2D eigenvalue weighted by atomic mass is 9.47. The average molecular weight is 260 g/mol. The van der Waals surface area contributed by atoms with Crippen LogP contribution in [0.5, 0.6) is 11.5 Å². The maximum atomic E-state index is 6.48. The number of hydrogen-bond donors (Lipinski definition) is 1. The van der Waals surface area contributed by atoms with Crippen molar-refractivity contribution in [2.75, 3.05) is 0 Å². The van der Waals surface area contributed by atoms with Crippen molar-refractivity contribution in [2.45, 2.75) is 22.7 Å². The molecule has 3 nitrogen and oxygen atoms in total. The normalized spacial score (nSPS) is 28.2. The Morgan fingerprint density at radius 2 is 1.45 bits per heavy atom. The largest absolute Gasteiger partial charge is 0.467 e. The Bertz CT molecular complexity index is 618. The highest BCUT2D eigenvalue weighted by Gasteiger charge is 2.47. The fourth-order valence-electron chi connectivity index (χ4n) is 4.09. The van der Waals surface area contributed by atoms with Crippen molar-refractivity contribution >= 4 is 65.8 Å². The van der Waals surface area contributed by atoms with Crippen molar-refractivity contribution in [3.8, 4) is 11.5 Å². The summed E-state index contributed by atoms with van der Waals surface area (Å²) in [5, 5.41) is -0.0330. The first-order chi connectivity index (χ1) is 9.08. The van der Waals surface area contributed by atoms with Gasteiger partial charge in [0.15, 0.2) is 32.8 Å². The van der Waals surface area contributed by atoms with E-state index >= 15 is 0 Å². The first kappa shape index (κ1) is 14.2. The van der Waals surface area contributed by atoms with Crippen LogP contribution in [0.4, 0.5) is 0 Å². The highest BCUT2D eigenvalue weighted by Crippen LogP contribution is 2.44. The van der Waals surface area contributed by atoms with Crippen LogP contribution < -0.4 is 26.1 Å². The lowest BCUT2D eigenvalue weighted by Crippen LogP contribution is -2.47. The molecule has 1 aromatic rings. The molecule has 2 unspecified atom stereocenters. The zero-order chi connectivity index (χ0) is 15.0. The molecule has 3 rings (SSSR count). The fourth-order valence-corrected chi connectivity index (χ4v) is 4.09. The first-order valence-electron chi connectivity index (χ1n) is 7.39. The van der Waals surface area contributed by atoms with Gasteiger partial charge in [-0.15, -0.1) is 0 Å². The highest BCUT2D eigenvalue weighted by atomic mass is 16.7. The summed E-state index contributed by atoms with van der Waals surface area (Å²) < 4.78 is 12.1. The van der Waals surface area contributed by atoms with Crippen LogP contribution in [0.15, 0.2) is 0 Å². The van der Waals surface area contributed by atoms with E-state index in [2.05, 4.69) is 39.2 Å². The number of rotatable bonds is 0. The molecule has 1 aliphatic heterocycles. The van der Waals surface area contributed by atoms with E-state index in [-0.39, 0.29) is 11.3 Å². The Labute approximate surface area is 127 Å². The SMILES string of the molecule is Bc1c2c(c(B)c3c1C(B)C(N)C3(B)B)OC(B)(B)O2. The number of ether oxygens (including phenoxy) is 2. The predicted octanol–water partition coefficient (Wildman–Crippen LogP) is -7.71. The van der Waals surface area contributed by atoms with Crippen LogP contribution in [0.25, 0.3) is 0 Å². The maximum absolute atomic E-state index is 6.48. The summed E-state index contributed by atoms with van der Waals surface area (Å²) in [5.41, 5.74) is 11.0. The number of benzene rings is 1. The van der Waals surface area contributed by atoms with Crippen LogP contribution in [0, 0.1) is 0 Å². The van der Waals surface area contributed by atoms with Gasteiger partial charge in [-0.2, -0.15) is 0 Å². The Kier molecular flexibility index (Phi) is 2.77. The molecule has 1 heterocycles. The minimum atomic E-state index is -0.581. The smallest absolute Gasteiger partial charge is 0.197 e. The van der Waals surface area contributed by atoms with Gasteiger partial charge < -0.3 is 15.2 Å². The summed E-state index contributed by atoms with van der Waals surface area (Å²) in [7, 11) is 14.9. The van der Waals surface area contributed by atoms with Gasteiger partial charge in [-0.1, -0.05) is 11.1 Å². The topological polar surface area (TPSA) is 44.5 Å². The molecule has 2 N–H and O–H groups in total. The summed E-state index contributed by atoms with van der Waals surface area (Å²) in [5.74, 6) is 2.15. The average Bonchev–Trinajstić information content (AvgIpc) is 2.75. The summed E-state index contributed by atoms with van der Waals surface area (Å²) in [6.07, 6.45) is 0. The second kappa shape index (κ2) is 3.91. The molecular weight excluding hydrogens is 242 g/mol. The van der Waals surface area contributed by atoms with Crippen molar-refractivity contribution in [3.05, 3.63) is 11.1 Å². The van der Waals surface area contributed by atoms with E-state index < -0.39 is 5.59 Å². The number of nitrogens with two attached hydrogens (primary N) is 1. The molecular formula is C10H18B7NO2. The Morgan fingerprint density at radius 1 is 0.950 bits per heavy atom. The monoisotopic (exact) mass is 261 g/mol. The Morgan fingerprint density at radius 3 is 2.00 bits per heavy atom. The molecule has 96 valence electrons. The molecule has 0 fully saturated rings. The minimum Gasteiger partial charge on any atom is -0.467 e. The molecule has 1 aliphatic carbocycles. The molecule has 0 spiro atoms. The van der Waals surface area contributed by atoms with Crippen molar-refractivity contribution in [1.82, 2.24) is 0 Å². The van der Waals surface area contributed by atoms with Gasteiger partial charge >= 0.3 is 0 Å². The zero-order valence-electron chi connectivity index (χ0n) is 13.5. The molecule has 0 amide bonds. The van der Waals surface area contributed by atoms with E-state index in [1.54, 1.807) is 0 Å².